The predicted molar refractivity (Wildman–Crippen MR) is 109 cm³/mol. The third-order valence-electron chi connectivity index (χ3n) is 4.45. The van der Waals surface area contributed by atoms with Crippen molar-refractivity contribution in [3.05, 3.63) is 69.7 Å². The fourth-order valence-corrected chi connectivity index (χ4v) is 3.05. The Kier molecular flexibility index (Phi) is 6.69. The second-order valence-electron chi connectivity index (χ2n) is 6.57. The molecule has 0 aliphatic heterocycles. The molecule has 1 amide bonds. The second-order valence-corrected chi connectivity index (χ2v) is 7.01. The van der Waals surface area contributed by atoms with Gasteiger partial charge in [-0.3, -0.25) is 9.59 Å². The fraction of sp³-hybridized carbons (Fsp3) is 0.250. The summed E-state index contributed by atoms with van der Waals surface area (Å²) in [6.07, 6.45) is 7.39. The molecular formula is C20H20ClN5O3. The summed E-state index contributed by atoms with van der Waals surface area (Å²) < 4.78 is 1.07. The molecule has 1 fully saturated rings. The van der Waals surface area contributed by atoms with Crippen molar-refractivity contribution in [2.75, 3.05) is 0 Å². The van der Waals surface area contributed by atoms with Gasteiger partial charge in [-0.25, -0.2) is 0 Å². The molecule has 0 atom stereocenters. The number of carbonyl (C=O) groups is 1. The van der Waals surface area contributed by atoms with Gasteiger partial charge in [-0.05, 0) is 37.1 Å². The first-order valence-corrected chi connectivity index (χ1v) is 9.49. The quantitative estimate of drug-likeness (QED) is 0.679. The van der Waals surface area contributed by atoms with Crippen molar-refractivity contribution in [2.24, 2.45) is 5.73 Å². The van der Waals surface area contributed by atoms with Crippen molar-refractivity contribution in [3.8, 4) is 16.9 Å². The minimum absolute atomic E-state index is 0.0463. The summed E-state index contributed by atoms with van der Waals surface area (Å²) in [4.78, 5) is 24.0. The van der Waals surface area contributed by atoms with Crippen LogP contribution in [-0.4, -0.2) is 37.1 Å². The molecule has 0 unspecified atom stereocenters. The Hall–Kier alpha value is -3.10. The molecule has 1 aliphatic carbocycles. The maximum atomic E-state index is 12.4. The number of hydrogen-bond donors (Lipinski definition) is 2. The molecule has 9 heteroatoms. The highest BCUT2D eigenvalue weighted by Gasteiger charge is 2.15. The lowest BCUT2D eigenvalue weighted by atomic mass is 10.1. The molecule has 29 heavy (non-hydrogen) atoms. The zero-order chi connectivity index (χ0) is 20.8. The van der Waals surface area contributed by atoms with Crippen molar-refractivity contribution in [1.82, 2.24) is 20.0 Å². The van der Waals surface area contributed by atoms with Crippen LogP contribution in [-0.2, 0) is 0 Å². The summed E-state index contributed by atoms with van der Waals surface area (Å²) in [6.45, 7) is 0. The van der Waals surface area contributed by atoms with Gasteiger partial charge in [0.15, 0.2) is 0 Å². The standard InChI is InChI=1S/C15H10ClN5O2.C5H10O/c16-10-3-1-9(2-4-10)13-7-12(14(17)22)15(23)21(20-13)11-5-6-18-19-8-11;6-5-3-1-2-4-5/h1-8H,(H2,17,22);5-6H,1-4H2. The van der Waals surface area contributed by atoms with Gasteiger partial charge in [0.05, 0.1) is 29.9 Å². The number of hydrogen-bond acceptors (Lipinski definition) is 6. The molecule has 3 N–H and O–H groups in total. The molecule has 0 spiro atoms. The van der Waals surface area contributed by atoms with Crippen LogP contribution in [0.1, 0.15) is 36.0 Å². The lowest BCUT2D eigenvalue weighted by Crippen LogP contribution is -2.30. The lowest BCUT2D eigenvalue weighted by Gasteiger charge is -2.09. The predicted octanol–water partition coefficient (Wildman–Crippen LogP) is 2.36. The first-order valence-electron chi connectivity index (χ1n) is 9.11. The number of rotatable bonds is 3. The molecule has 0 radical (unpaired) electrons. The summed E-state index contributed by atoms with van der Waals surface area (Å²) in [5, 5.41) is 20.9. The molecule has 1 aromatic carbocycles. The van der Waals surface area contributed by atoms with Crippen molar-refractivity contribution in [1.29, 1.82) is 0 Å². The highest BCUT2D eigenvalue weighted by atomic mass is 35.5. The van der Waals surface area contributed by atoms with Crippen LogP contribution < -0.4 is 11.3 Å². The van der Waals surface area contributed by atoms with Crippen LogP contribution in [0.4, 0.5) is 0 Å². The van der Waals surface area contributed by atoms with Gasteiger partial charge in [-0.15, -0.1) is 0 Å². The van der Waals surface area contributed by atoms with Crippen molar-refractivity contribution in [3.63, 3.8) is 0 Å². The number of carbonyl (C=O) groups excluding carboxylic acids is 1. The first kappa shape index (κ1) is 20.6. The number of aliphatic hydroxyl groups excluding tert-OH is 1. The van der Waals surface area contributed by atoms with E-state index in [2.05, 4.69) is 15.3 Å². The van der Waals surface area contributed by atoms with E-state index < -0.39 is 11.5 Å². The molecule has 4 rings (SSSR count). The van der Waals surface area contributed by atoms with Gasteiger partial charge >= 0.3 is 0 Å². The Labute approximate surface area is 172 Å². The molecule has 3 aromatic rings. The molecule has 150 valence electrons. The maximum Gasteiger partial charge on any atom is 0.284 e. The SMILES string of the molecule is NC(=O)c1cc(-c2ccc(Cl)cc2)nn(-c2ccnnc2)c1=O.OC1CCCC1. The third-order valence-corrected chi connectivity index (χ3v) is 4.71. The topological polar surface area (TPSA) is 124 Å². The minimum Gasteiger partial charge on any atom is -0.393 e. The monoisotopic (exact) mass is 413 g/mol. The van der Waals surface area contributed by atoms with E-state index in [1.165, 1.54) is 31.3 Å². The van der Waals surface area contributed by atoms with E-state index >= 15 is 0 Å². The van der Waals surface area contributed by atoms with E-state index in [0.717, 1.165) is 17.5 Å². The van der Waals surface area contributed by atoms with E-state index in [-0.39, 0.29) is 11.7 Å². The average Bonchev–Trinajstić information content (AvgIpc) is 3.21. The number of halogens is 1. The van der Waals surface area contributed by atoms with Crippen LogP contribution in [0.5, 0.6) is 0 Å². The summed E-state index contributed by atoms with van der Waals surface area (Å²) in [6, 6.07) is 9.75. The normalized spacial score (nSPS) is 13.6. The van der Waals surface area contributed by atoms with Crippen LogP contribution in [0.3, 0.4) is 0 Å². The van der Waals surface area contributed by atoms with Gasteiger partial charge in [0, 0.05) is 10.6 Å². The molecule has 1 saturated carbocycles. The van der Waals surface area contributed by atoms with E-state index in [4.69, 9.17) is 22.4 Å². The van der Waals surface area contributed by atoms with Crippen molar-refractivity contribution < 1.29 is 9.90 Å². The van der Waals surface area contributed by atoms with Crippen LogP contribution >= 0.6 is 11.6 Å². The molecule has 0 bridgehead atoms. The summed E-state index contributed by atoms with van der Waals surface area (Å²) >= 11 is 5.87. The Morgan fingerprint density at radius 2 is 1.83 bits per heavy atom. The summed E-state index contributed by atoms with van der Waals surface area (Å²) in [5.74, 6) is -0.830. The second kappa shape index (κ2) is 9.40. The van der Waals surface area contributed by atoms with E-state index in [9.17, 15) is 9.59 Å². The number of nitrogens with two attached hydrogens (primary N) is 1. The highest BCUT2D eigenvalue weighted by Crippen LogP contribution is 2.20. The number of benzene rings is 1. The molecule has 2 aromatic heterocycles. The highest BCUT2D eigenvalue weighted by molar-refractivity contribution is 6.30. The van der Waals surface area contributed by atoms with Crippen LogP contribution in [0.25, 0.3) is 16.9 Å². The minimum atomic E-state index is -0.830. The number of nitrogens with zero attached hydrogens (tertiary/aromatic N) is 4. The molecule has 1 aliphatic rings. The van der Waals surface area contributed by atoms with E-state index in [1.54, 1.807) is 30.3 Å². The van der Waals surface area contributed by atoms with Gasteiger partial charge in [-0.2, -0.15) is 20.0 Å². The van der Waals surface area contributed by atoms with Crippen LogP contribution in [0.2, 0.25) is 5.02 Å². The molecule has 2 heterocycles. The average molecular weight is 414 g/mol. The molecule has 8 nitrogen and oxygen atoms in total. The Morgan fingerprint density at radius 1 is 1.14 bits per heavy atom. The summed E-state index contributed by atoms with van der Waals surface area (Å²) in [5.41, 5.74) is 5.99. The molecular weight excluding hydrogens is 394 g/mol. The number of aromatic nitrogens is 4. The number of amides is 1. The Bertz CT molecular complexity index is 1030. The number of primary amides is 1. The van der Waals surface area contributed by atoms with Gasteiger partial charge in [-0.1, -0.05) is 36.6 Å². The van der Waals surface area contributed by atoms with Gasteiger partial charge in [0.1, 0.15) is 5.56 Å². The van der Waals surface area contributed by atoms with Crippen LogP contribution in [0, 0.1) is 0 Å². The Balaban J connectivity index is 0.000000343. The smallest absolute Gasteiger partial charge is 0.284 e. The Morgan fingerprint density at radius 3 is 2.34 bits per heavy atom. The maximum absolute atomic E-state index is 12.4. The fourth-order valence-electron chi connectivity index (χ4n) is 2.92. The van der Waals surface area contributed by atoms with Crippen molar-refractivity contribution >= 4 is 17.5 Å². The van der Waals surface area contributed by atoms with E-state index in [1.807, 2.05) is 0 Å². The van der Waals surface area contributed by atoms with Crippen LogP contribution in [0.15, 0.2) is 53.6 Å². The number of aliphatic hydroxyl groups is 1. The summed E-state index contributed by atoms with van der Waals surface area (Å²) in [7, 11) is 0. The van der Waals surface area contributed by atoms with Gasteiger partial charge in [0.25, 0.3) is 11.5 Å². The van der Waals surface area contributed by atoms with Gasteiger partial charge < -0.3 is 10.8 Å². The largest absolute Gasteiger partial charge is 0.393 e. The zero-order valence-corrected chi connectivity index (χ0v) is 16.3. The zero-order valence-electron chi connectivity index (χ0n) is 15.5. The first-order chi connectivity index (χ1) is 14.0. The molecule has 0 saturated heterocycles. The third kappa shape index (κ3) is 5.24. The van der Waals surface area contributed by atoms with Gasteiger partial charge in [0.2, 0.25) is 0 Å². The lowest BCUT2D eigenvalue weighted by molar-refractivity contribution is 0.0998. The van der Waals surface area contributed by atoms with Crippen molar-refractivity contribution in [2.45, 2.75) is 31.8 Å². The van der Waals surface area contributed by atoms with E-state index in [0.29, 0.717) is 22.0 Å².